The Bertz CT molecular complexity index is 437. The van der Waals surface area contributed by atoms with Crippen molar-refractivity contribution in [2.24, 2.45) is 0 Å². The summed E-state index contributed by atoms with van der Waals surface area (Å²) in [5.74, 6) is 0.0516. The Morgan fingerprint density at radius 3 is 1.92 bits per heavy atom. The molecule has 0 unspecified atom stereocenters. The first-order chi connectivity index (χ1) is 12.2. The number of ether oxygens (including phenoxy) is 2. The van der Waals surface area contributed by atoms with Gasteiger partial charge in [0.2, 0.25) is 11.8 Å². The third-order valence-electron chi connectivity index (χ3n) is 3.66. The Labute approximate surface area is 149 Å². The van der Waals surface area contributed by atoms with Gasteiger partial charge in [-0.15, -0.1) is 0 Å². The van der Waals surface area contributed by atoms with Gasteiger partial charge < -0.3 is 20.1 Å². The molecule has 0 fully saturated rings. The van der Waals surface area contributed by atoms with E-state index in [-0.39, 0.29) is 17.6 Å². The van der Waals surface area contributed by atoms with Crippen LogP contribution in [-0.4, -0.2) is 57.1 Å². The molecular weight excluding hydrogens is 324 g/mol. The Morgan fingerprint density at radius 2 is 1.28 bits per heavy atom. The third kappa shape index (κ3) is 13.3. The number of nitrogens with one attached hydrogen (secondary N) is 2. The average Bonchev–Trinajstić information content (AvgIpc) is 2.59. The predicted molar refractivity (Wildman–Crippen MR) is 94.1 cm³/mol. The van der Waals surface area contributed by atoms with Crippen molar-refractivity contribution in [3.63, 3.8) is 0 Å². The van der Waals surface area contributed by atoms with Gasteiger partial charge in [0.25, 0.3) is 0 Å². The van der Waals surface area contributed by atoms with E-state index in [1.165, 1.54) is 0 Å². The highest BCUT2D eigenvalue weighted by Crippen LogP contribution is 2.03. The Morgan fingerprint density at radius 1 is 0.720 bits per heavy atom. The molecule has 0 saturated carbocycles. The lowest BCUT2D eigenvalue weighted by Gasteiger charge is -2.08. The molecule has 0 spiro atoms. The third-order valence-corrected chi connectivity index (χ3v) is 3.66. The van der Waals surface area contributed by atoms with E-state index in [2.05, 4.69) is 10.6 Å². The molecule has 0 atom stereocenters. The molecule has 0 aliphatic carbocycles. The largest absolute Gasteiger partial charge is 0.377 e. The number of hydrogen-bond donors (Lipinski definition) is 2. The first-order valence-electron chi connectivity index (χ1n) is 9.07. The first kappa shape index (κ1) is 21.3. The van der Waals surface area contributed by atoms with Crippen molar-refractivity contribution in [1.29, 1.82) is 0 Å². The van der Waals surface area contributed by atoms with Gasteiger partial charge in [-0.05, 0) is 31.8 Å². The summed E-state index contributed by atoms with van der Waals surface area (Å²) in [4.78, 5) is 34.9. The van der Waals surface area contributed by atoms with Crippen molar-refractivity contribution in [2.75, 3.05) is 39.5 Å². The number of ketones is 1. The summed E-state index contributed by atoms with van der Waals surface area (Å²) in [6, 6.07) is 0. The Hall–Kier alpha value is -1.73. The van der Waals surface area contributed by atoms with E-state index in [1.54, 1.807) is 6.08 Å². The minimum atomic E-state index is -0.0132. The summed E-state index contributed by atoms with van der Waals surface area (Å²) < 4.78 is 10.7. The van der Waals surface area contributed by atoms with Crippen LogP contribution in [0, 0.1) is 0 Å². The van der Waals surface area contributed by atoms with Crippen LogP contribution in [-0.2, 0) is 23.9 Å². The van der Waals surface area contributed by atoms with Crippen LogP contribution in [0.2, 0.25) is 0 Å². The number of hydrogen-bond acceptors (Lipinski definition) is 5. The maximum atomic E-state index is 11.7. The molecule has 25 heavy (non-hydrogen) atoms. The van der Waals surface area contributed by atoms with Crippen molar-refractivity contribution in [1.82, 2.24) is 10.6 Å². The molecule has 0 saturated heterocycles. The summed E-state index contributed by atoms with van der Waals surface area (Å²) >= 11 is 0. The SMILES string of the molecule is O=C1C=CCCCC(=O)NCCOCCOCCNC(=O)CCCC1. The van der Waals surface area contributed by atoms with Crippen LogP contribution >= 0.6 is 0 Å². The molecule has 7 nitrogen and oxygen atoms in total. The molecule has 0 aromatic carbocycles. The van der Waals surface area contributed by atoms with Gasteiger partial charge in [0.15, 0.2) is 5.78 Å². The van der Waals surface area contributed by atoms with Gasteiger partial charge in [-0.1, -0.05) is 6.08 Å². The zero-order chi connectivity index (χ0) is 18.2. The average molecular weight is 354 g/mol. The summed E-state index contributed by atoms with van der Waals surface area (Å²) in [6.07, 6.45) is 7.53. The predicted octanol–water partition coefficient (Wildman–Crippen LogP) is 1.12. The fourth-order valence-electron chi connectivity index (χ4n) is 2.29. The normalized spacial score (nSPS) is 21.5. The van der Waals surface area contributed by atoms with Crippen LogP contribution in [0.4, 0.5) is 0 Å². The summed E-state index contributed by atoms with van der Waals surface area (Å²) in [6.45, 7) is 2.75. The minimum absolute atomic E-state index is 0.00235. The number of rotatable bonds is 0. The molecule has 1 aliphatic rings. The first-order valence-corrected chi connectivity index (χ1v) is 9.07. The standard InChI is InChI=1S/C18H30N2O5/c21-16-6-2-1-3-8-17(22)19-10-12-24-14-15-25-13-11-20-18(23)9-5-4-7-16/h2,6H,1,3-5,7-15H2,(H,19,22)(H,20,23). The molecule has 1 heterocycles. The molecule has 0 radical (unpaired) electrons. The Balaban J connectivity index is 2.30. The Kier molecular flexibility index (Phi) is 12.4. The molecule has 2 N–H and O–H groups in total. The second kappa shape index (κ2) is 14.6. The van der Waals surface area contributed by atoms with E-state index < -0.39 is 0 Å². The summed E-state index contributed by atoms with van der Waals surface area (Å²) in [5.41, 5.74) is 0. The fraction of sp³-hybridized carbons (Fsp3) is 0.722. The smallest absolute Gasteiger partial charge is 0.220 e. The molecule has 0 aromatic rings. The number of carbonyl (C=O) groups excluding carboxylic acids is 3. The van der Waals surface area contributed by atoms with Gasteiger partial charge in [-0.2, -0.15) is 0 Å². The molecule has 1 aliphatic heterocycles. The lowest BCUT2D eigenvalue weighted by molar-refractivity contribution is -0.122. The van der Waals surface area contributed by atoms with Crippen molar-refractivity contribution in [2.45, 2.75) is 44.9 Å². The van der Waals surface area contributed by atoms with E-state index >= 15 is 0 Å². The molecule has 0 aromatic heterocycles. The van der Waals surface area contributed by atoms with Gasteiger partial charge in [-0.25, -0.2) is 0 Å². The van der Waals surface area contributed by atoms with Gasteiger partial charge in [0, 0.05) is 32.4 Å². The topological polar surface area (TPSA) is 93.7 Å². The minimum Gasteiger partial charge on any atom is -0.377 e. The zero-order valence-corrected chi connectivity index (χ0v) is 14.9. The van der Waals surface area contributed by atoms with Crippen LogP contribution in [0.3, 0.4) is 0 Å². The van der Waals surface area contributed by atoms with Crippen LogP contribution < -0.4 is 10.6 Å². The van der Waals surface area contributed by atoms with Crippen molar-refractivity contribution < 1.29 is 23.9 Å². The lowest BCUT2D eigenvalue weighted by Crippen LogP contribution is -2.28. The maximum Gasteiger partial charge on any atom is 0.220 e. The second-order valence-electron chi connectivity index (χ2n) is 5.89. The monoisotopic (exact) mass is 354 g/mol. The van der Waals surface area contributed by atoms with Crippen molar-refractivity contribution >= 4 is 17.6 Å². The number of allylic oxidation sites excluding steroid dienone is 2. The molecule has 2 amide bonds. The van der Waals surface area contributed by atoms with Crippen LogP contribution in [0.15, 0.2) is 12.2 Å². The lowest BCUT2D eigenvalue weighted by atomic mass is 10.1. The van der Waals surface area contributed by atoms with Gasteiger partial charge >= 0.3 is 0 Å². The highest BCUT2D eigenvalue weighted by atomic mass is 16.5. The quantitative estimate of drug-likeness (QED) is 0.680. The van der Waals surface area contributed by atoms with E-state index in [0.717, 1.165) is 0 Å². The van der Waals surface area contributed by atoms with Crippen molar-refractivity contribution in [3.8, 4) is 0 Å². The molecule has 0 bridgehead atoms. The maximum absolute atomic E-state index is 11.7. The van der Waals surface area contributed by atoms with E-state index in [0.29, 0.717) is 84.5 Å². The second-order valence-corrected chi connectivity index (χ2v) is 5.89. The molecular formula is C18H30N2O5. The highest BCUT2D eigenvalue weighted by molar-refractivity contribution is 5.89. The zero-order valence-electron chi connectivity index (χ0n) is 14.9. The fourth-order valence-corrected chi connectivity index (χ4v) is 2.29. The van der Waals surface area contributed by atoms with Crippen LogP contribution in [0.25, 0.3) is 0 Å². The van der Waals surface area contributed by atoms with E-state index in [4.69, 9.17) is 9.47 Å². The summed E-state index contributed by atoms with van der Waals surface area (Å²) in [7, 11) is 0. The molecule has 7 heteroatoms. The van der Waals surface area contributed by atoms with Gasteiger partial charge in [-0.3, -0.25) is 14.4 Å². The van der Waals surface area contributed by atoms with Crippen LogP contribution in [0.1, 0.15) is 44.9 Å². The van der Waals surface area contributed by atoms with Gasteiger partial charge in [0.05, 0.1) is 26.4 Å². The van der Waals surface area contributed by atoms with E-state index in [9.17, 15) is 14.4 Å². The van der Waals surface area contributed by atoms with Crippen molar-refractivity contribution in [3.05, 3.63) is 12.2 Å². The molecule has 1 rings (SSSR count). The van der Waals surface area contributed by atoms with Crippen LogP contribution in [0.5, 0.6) is 0 Å². The number of amides is 2. The number of carbonyl (C=O) groups is 3. The van der Waals surface area contributed by atoms with Gasteiger partial charge in [0.1, 0.15) is 0 Å². The van der Waals surface area contributed by atoms with E-state index in [1.807, 2.05) is 6.08 Å². The summed E-state index contributed by atoms with van der Waals surface area (Å²) in [5, 5.41) is 5.58. The molecule has 142 valence electrons. The highest BCUT2D eigenvalue weighted by Gasteiger charge is 2.03.